The Labute approximate surface area is 107 Å². The van der Waals surface area contributed by atoms with Gasteiger partial charge in [0.15, 0.2) is 0 Å². The lowest BCUT2D eigenvalue weighted by Crippen LogP contribution is -2.49. The number of morpholine rings is 1. The fourth-order valence-electron chi connectivity index (χ4n) is 3.11. The van der Waals surface area contributed by atoms with Gasteiger partial charge in [0, 0.05) is 13.1 Å². The van der Waals surface area contributed by atoms with Crippen LogP contribution in [-0.2, 0) is 14.3 Å². The zero-order valence-corrected chi connectivity index (χ0v) is 11.3. The zero-order valence-electron chi connectivity index (χ0n) is 11.3. The molecule has 1 amide bonds. The van der Waals surface area contributed by atoms with Gasteiger partial charge in [0.05, 0.1) is 24.0 Å². The van der Waals surface area contributed by atoms with Crippen molar-refractivity contribution in [2.75, 3.05) is 13.1 Å². The van der Waals surface area contributed by atoms with Gasteiger partial charge < -0.3 is 14.7 Å². The van der Waals surface area contributed by atoms with Gasteiger partial charge in [0.2, 0.25) is 5.91 Å². The molecular formula is C13H21NO4. The minimum absolute atomic E-state index is 0.0165. The smallest absolute Gasteiger partial charge is 0.307 e. The number of rotatable bonds is 2. The van der Waals surface area contributed by atoms with E-state index in [0.717, 1.165) is 0 Å². The molecule has 1 saturated heterocycles. The van der Waals surface area contributed by atoms with Crippen LogP contribution in [0.5, 0.6) is 0 Å². The summed E-state index contributed by atoms with van der Waals surface area (Å²) in [6.07, 6.45) is 0.0330. The third-order valence-corrected chi connectivity index (χ3v) is 4.09. The van der Waals surface area contributed by atoms with Gasteiger partial charge in [-0.1, -0.05) is 13.8 Å². The average Bonchev–Trinajstić information content (AvgIpc) is 2.79. The molecule has 0 aromatic heterocycles. The Balaban J connectivity index is 2.07. The zero-order chi connectivity index (χ0) is 13.7. The monoisotopic (exact) mass is 255 g/mol. The number of hydrogen-bond acceptors (Lipinski definition) is 3. The Morgan fingerprint density at radius 2 is 1.67 bits per heavy atom. The molecule has 0 unspecified atom stereocenters. The van der Waals surface area contributed by atoms with E-state index in [4.69, 9.17) is 9.84 Å². The maximum Gasteiger partial charge on any atom is 0.307 e. The maximum absolute atomic E-state index is 12.4. The van der Waals surface area contributed by atoms with Crippen molar-refractivity contribution < 1.29 is 19.4 Å². The molecule has 1 N–H and O–H groups in total. The standard InChI is InChI=1S/C13H21NO4/c1-7-5-14(6-8(2)18-7)11(15)9-10(12(16)17)13(9,3)4/h7-10H,5-6H2,1-4H3,(H,16,17)/t7-,8-,9-,10+/m1/s1. The first kappa shape index (κ1) is 13.3. The summed E-state index contributed by atoms with van der Waals surface area (Å²) < 4.78 is 5.58. The molecule has 5 nitrogen and oxygen atoms in total. The number of amides is 1. The van der Waals surface area contributed by atoms with Crippen LogP contribution < -0.4 is 0 Å². The second-order valence-corrected chi connectivity index (χ2v) is 6.12. The number of carbonyl (C=O) groups excluding carboxylic acids is 1. The second kappa shape index (κ2) is 4.23. The topological polar surface area (TPSA) is 66.8 Å². The number of nitrogens with zero attached hydrogens (tertiary/aromatic N) is 1. The molecule has 2 rings (SSSR count). The number of ether oxygens (including phenoxy) is 1. The third-order valence-electron chi connectivity index (χ3n) is 4.09. The molecule has 1 heterocycles. The summed E-state index contributed by atoms with van der Waals surface area (Å²) in [6, 6.07) is 0. The first-order valence-electron chi connectivity index (χ1n) is 6.42. The van der Waals surface area contributed by atoms with Crippen LogP contribution in [0.25, 0.3) is 0 Å². The van der Waals surface area contributed by atoms with Crippen molar-refractivity contribution in [1.82, 2.24) is 4.90 Å². The van der Waals surface area contributed by atoms with E-state index in [1.54, 1.807) is 4.90 Å². The summed E-state index contributed by atoms with van der Waals surface area (Å²) in [6.45, 7) is 8.68. The molecule has 0 aromatic rings. The van der Waals surface area contributed by atoms with E-state index < -0.39 is 17.3 Å². The summed E-state index contributed by atoms with van der Waals surface area (Å²) in [5.74, 6) is -1.83. The van der Waals surface area contributed by atoms with Gasteiger partial charge in [-0.05, 0) is 19.3 Å². The number of carbonyl (C=O) groups is 2. The van der Waals surface area contributed by atoms with E-state index in [1.165, 1.54) is 0 Å². The first-order valence-corrected chi connectivity index (χ1v) is 6.42. The van der Waals surface area contributed by atoms with E-state index in [2.05, 4.69) is 0 Å². The predicted octanol–water partition coefficient (Wildman–Crippen LogP) is 0.979. The van der Waals surface area contributed by atoms with Crippen molar-refractivity contribution in [1.29, 1.82) is 0 Å². The number of hydrogen-bond donors (Lipinski definition) is 1. The molecule has 1 saturated carbocycles. The van der Waals surface area contributed by atoms with Crippen molar-refractivity contribution in [3.8, 4) is 0 Å². The van der Waals surface area contributed by atoms with Gasteiger partial charge in [-0.25, -0.2) is 0 Å². The molecule has 0 spiro atoms. The summed E-state index contributed by atoms with van der Waals surface area (Å²) >= 11 is 0. The van der Waals surface area contributed by atoms with Crippen molar-refractivity contribution >= 4 is 11.9 Å². The van der Waals surface area contributed by atoms with E-state index in [9.17, 15) is 9.59 Å². The van der Waals surface area contributed by atoms with Crippen LogP contribution in [0.1, 0.15) is 27.7 Å². The Bertz CT molecular complexity index is 369. The van der Waals surface area contributed by atoms with Crippen LogP contribution >= 0.6 is 0 Å². The number of carboxylic acid groups (broad SMARTS) is 1. The molecule has 0 radical (unpaired) electrons. The molecule has 4 atom stereocenters. The van der Waals surface area contributed by atoms with Crippen LogP contribution in [0.4, 0.5) is 0 Å². The molecule has 0 bridgehead atoms. The second-order valence-electron chi connectivity index (χ2n) is 6.12. The molecule has 2 aliphatic rings. The third kappa shape index (κ3) is 2.11. The highest BCUT2D eigenvalue weighted by Crippen LogP contribution is 2.59. The fraction of sp³-hybridized carbons (Fsp3) is 0.846. The molecule has 1 aliphatic carbocycles. The Kier molecular flexibility index (Phi) is 3.13. The largest absolute Gasteiger partial charge is 0.481 e. The van der Waals surface area contributed by atoms with Gasteiger partial charge in [0.25, 0.3) is 0 Å². The maximum atomic E-state index is 12.4. The van der Waals surface area contributed by atoms with Crippen LogP contribution in [0.3, 0.4) is 0 Å². The minimum Gasteiger partial charge on any atom is -0.481 e. The first-order chi connectivity index (χ1) is 8.25. The normalized spacial score (nSPS) is 38.3. The fourth-order valence-corrected chi connectivity index (χ4v) is 3.11. The lowest BCUT2D eigenvalue weighted by molar-refractivity contribution is -0.147. The summed E-state index contributed by atoms with van der Waals surface area (Å²) in [5.41, 5.74) is -0.423. The predicted molar refractivity (Wildman–Crippen MR) is 65.0 cm³/mol. The lowest BCUT2D eigenvalue weighted by atomic mass is 10.1. The molecule has 2 fully saturated rings. The molecular weight excluding hydrogens is 234 g/mol. The van der Waals surface area contributed by atoms with Crippen LogP contribution in [0.15, 0.2) is 0 Å². The van der Waals surface area contributed by atoms with Crippen molar-refractivity contribution in [3.63, 3.8) is 0 Å². The van der Waals surface area contributed by atoms with Crippen LogP contribution in [0, 0.1) is 17.3 Å². The SMILES string of the molecule is C[C@@H]1CN(C(=O)[C@H]2[C@@H](C(=O)O)C2(C)C)C[C@@H](C)O1. The van der Waals surface area contributed by atoms with Crippen molar-refractivity contribution in [2.45, 2.75) is 39.9 Å². The van der Waals surface area contributed by atoms with Gasteiger partial charge in [-0.2, -0.15) is 0 Å². The van der Waals surface area contributed by atoms with Gasteiger partial charge in [-0.3, -0.25) is 9.59 Å². The highest BCUT2D eigenvalue weighted by Gasteiger charge is 2.66. The Hall–Kier alpha value is -1.10. The Morgan fingerprint density at radius 3 is 2.06 bits per heavy atom. The van der Waals surface area contributed by atoms with Crippen LogP contribution in [-0.4, -0.2) is 47.2 Å². The number of aliphatic carboxylic acids is 1. The van der Waals surface area contributed by atoms with E-state index in [0.29, 0.717) is 13.1 Å². The van der Waals surface area contributed by atoms with Gasteiger partial charge >= 0.3 is 5.97 Å². The van der Waals surface area contributed by atoms with Gasteiger partial charge in [-0.15, -0.1) is 0 Å². The minimum atomic E-state index is -0.868. The quantitative estimate of drug-likeness (QED) is 0.798. The Morgan fingerprint density at radius 1 is 1.17 bits per heavy atom. The summed E-state index contributed by atoms with van der Waals surface area (Å²) in [5, 5.41) is 9.12. The van der Waals surface area contributed by atoms with E-state index in [1.807, 2.05) is 27.7 Å². The van der Waals surface area contributed by atoms with Crippen molar-refractivity contribution in [3.05, 3.63) is 0 Å². The van der Waals surface area contributed by atoms with Crippen molar-refractivity contribution in [2.24, 2.45) is 17.3 Å². The highest BCUT2D eigenvalue weighted by atomic mass is 16.5. The van der Waals surface area contributed by atoms with Crippen LogP contribution in [0.2, 0.25) is 0 Å². The highest BCUT2D eigenvalue weighted by molar-refractivity contribution is 5.91. The van der Waals surface area contributed by atoms with E-state index in [-0.39, 0.29) is 24.0 Å². The van der Waals surface area contributed by atoms with E-state index >= 15 is 0 Å². The molecule has 0 aromatic carbocycles. The number of carboxylic acids is 1. The molecule has 102 valence electrons. The molecule has 18 heavy (non-hydrogen) atoms. The molecule has 1 aliphatic heterocycles. The molecule has 5 heteroatoms. The lowest BCUT2D eigenvalue weighted by Gasteiger charge is -2.35. The average molecular weight is 255 g/mol. The summed E-state index contributed by atoms with van der Waals surface area (Å²) in [7, 11) is 0. The summed E-state index contributed by atoms with van der Waals surface area (Å²) in [4.78, 5) is 25.3. The van der Waals surface area contributed by atoms with Gasteiger partial charge in [0.1, 0.15) is 0 Å².